The van der Waals surface area contributed by atoms with Gasteiger partial charge in [0.1, 0.15) is 0 Å². The first kappa shape index (κ1) is 19.6. The van der Waals surface area contributed by atoms with E-state index >= 15 is 0 Å². The van der Waals surface area contributed by atoms with Gasteiger partial charge in [0, 0.05) is 24.2 Å². The highest BCUT2D eigenvalue weighted by Gasteiger charge is 2.18. The Bertz CT molecular complexity index is 1030. The van der Waals surface area contributed by atoms with Crippen LogP contribution in [0, 0.1) is 25.2 Å². The summed E-state index contributed by atoms with van der Waals surface area (Å²) in [5, 5.41) is 10.1. The van der Waals surface area contributed by atoms with Crippen molar-refractivity contribution in [1.29, 1.82) is 5.26 Å². The molecule has 1 heterocycles. The van der Waals surface area contributed by atoms with Crippen molar-refractivity contribution in [1.82, 2.24) is 9.88 Å². The normalized spacial score (nSPS) is 10.6. The standard InChI is InChI=1S/C24H25N3O/c1-4-13-27(16-20-11-9-19(15-25)10-12-20)24(28)14-22-17(2)21-7-5-6-8-23(21)26-18(22)3/h5-12H,4,13-14,16H2,1-3H3. The fourth-order valence-corrected chi connectivity index (χ4v) is 3.56. The van der Waals surface area contributed by atoms with E-state index in [2.05, 4.69) is 26.0 Å². The van der Waals surface area contributed by atoms with Gasteiger partial charge in [-0.2, -0.15) is 5.26 Å². The molecule has 0 fully saturated rings. The van der Waals surface area contributed by atoms with Crippen molar-refractivity contribution in [2.24, 2.45) is 0 Å². The minimum Gasteiger partial charge on any atom is -0.338 e. The molecular formula is C24H25N3O. The number of carbonyl (C=O) groups is 1. The number of hydrogen-bond donors (Lipinski definition) is 0. The van der Waals surface area contributed by atoms with Gasteiger partial charge in [0.05, 0.1) is 23.6 Å². The Morgan fingerprint density at radius 3 is 2.50 bits per heavy atom. The Kier molecular flexibility index (Phi) is 6.06. The Labute approximate surface area is 166 Å². The number of nitriles is 1. The number of rotatable bonds is 6. The van der Waals surface area contributed by atoms with Crippen LogP contribution in [0.3, 0.4) is 0 Å². The molecule has 0 spiro atoms. The molecule has 0 N–H and O–H groups in total. The second kappa shape index (κ2) is 8.67. The minimum absolute atomic E-state index is 0.106. The van der Waals surface area contributed by atoms with Crippen LogP contribution in [0.1, 0.15) is 41.3 Å². The van der Waals surface area contributed by atoms with E-state index in [9.17, 15) is 4.79 Å². The van der Waals surface area contributed by atoms with Crippen molar-refractivity contribution >= 4 is 16.8 Å². The maximum absolute atomic E-state index is 13.1. The minimum atomic E-state index is 0.106. The third-order valence-electron chi connectivity index (χ3n) is 5.12. The topological polar surface area (TPSA) is 57.0 Å². The average Bonchev–Trinajstić information content (AvgIpc) is 2.71. The van der Waals surface area contributed by atoms with Gasteiger partial charge in [-0.3, -0.25) is 9.78 Å². The zero-order chi connectivity index (χ0) is 20.1. The van der Waals surface area contributed by atoms with Crippen LogP contribution in [0.4, 0.5) is 0 Å². The zero-order valence-electron chi connectivity index (χ0n) is 16.7. The quantitative estimate of drug-likeness (QED) is 0.631. The van der Waals surface area contributed by atoms with E-state index in [1.54, 1.807) is 12.1 Å². The van der Waals surface area contributed by atoms with Gasteiger partial charge in [0.2, 0.25) is 5.91 Å². The van der Waals surface area contributed by atoms with Crippen LogP contribution in [-0.2, 0) is 17.8 Å². The molecular weight excluding hydrogens is 346 g/mol. The Morgan fingerprint density at radius 2 is 1.82 bits per heavy atom. The number of aryl methyl sites for hydroxylation is 2. The number of para-hydroxylation sites is 1. The second-order valence-electron chi connectivity index (χ2n) is 7.12. The van der Waals surface area contributed by atoms with E-state index in [1.165, 1.54) is 0 Å². The highest BCUT2D eigenvalue weighted by atomic mass is 16.2. The van der Waals surface area contributed by atoms with Crippen molar-refractivity contribution < 1.29 is 4.79 Å². The summed E-state index contributed by atoms with van der Waals surface area (Å²) in [4.78, 5) is 19.7. The monoisotopic (exact) mass is 371 g/mol. The number of carbonyl (C=O) groups excluding carboxylic acids is 1. The lowest BCUT2D eigenvalue weighted by atomic mass is 9.99. The smallest absolute Gasteiger partial charge is 0.227 e. The van der Waals surface area contributed by atoms with Crippen LogP contribution in [-0.4, -0.2) is 22.3 Å². The highest BCUT2D eigenvalue weighted by Crippen LogP contribution is 2.23. The second-order valence-corrected chi connectivity index (χ2v) is 7.12. The maximum Gasteiger partial charge on any atom is 0.227 e. The first-order valence-electron chi connectivity index (χ1n) is 9.65. The van der Waals surface area contributed by atoms with E-state index in [1.807, 2.05) is 42.2 Å². The summed E-state index contributed by atoms with van der Waals surface area (Å²) in [6.07, 6.45) is 1.25. The fourth-order valence-electron chi connectivity index (χ4n) is 3.56. The number of nitrogens with zero attached hydrogens (tertiary/aromatic N) is 3. The molecule has 0 bridgehead atoms. The van der Waals surface area contributed by atoms with Crippen molar-refractivity contribution in [3.63, 3.8) is 0 Å². The predicted octanol–water partition coefficient (Wildman–Crippen LogP) is 4.70. The van der Waals surface area contributed by atoms with Crippen molar-refractivity contribution in [2.45, 2.75) is 40.2 Å². The van der Waals surface area contributed by atoms with Gasteiger partial charge >= 0.3 is 0 Å². The van der Waals surface area contributed by atoms with E-state index in [0.717, 1.165) is 39.7 Å². The van der Waals surface area contributed by atoms with Crippen LogP contribution in [0.15, 0.2) is 48.5 Å². The molecule has 0 radical (unpaired) electrons. The number of fused-ring (bicyclic) bond motifs is 1. The number of hydrogen-bond acceptors (Lipinski definition) is 3. The highest BCUT2D eigenvalue weighted by molar-refractivity contribution is 5.86. The summed E-state index contributed by atoms with van der Waals surface area (Å²) in [7, 11) is 0. The molecule has 0 atom stereocenters. The predicted molar refractivity (Wildman–Crippen MR) is 112 cm³/mol. The van der Waals surface area contributed by atoms with Crippen molar-refractivity contribution in [3.8, 4) is 6.07 Å². The largest absolute Gasteiger partial charge is 0.338 e. The first-order valence-corrected chi connectivity index (χ1v) is 9.65. The molecule has 0 aliphatic rings. The van der Waals surface area contributed by atoms with Crippen LogP contribution < -0.4 is 0 Å². The molecule has 4 nitrogen and oxygen atoms in total. The summed E-state index contributed by atoms with van der Waals surface area (Å²) in [5.74, 6) is 0.106. The third-order valence-corrected chi connectivity index (χ3v) is 5.12. The Morgan fingerprint density at radius 1 is 1.11 bits per heavy atom. The molecule has 0 aliphatic carbocycles. The first-order chi connectivity index (χ1) is 13.5. The van der Waals surface area contributed by atoms with Crippen LogP contribution >= 0.6 is 0 Å². The maximum atomic E-state index is 13.1. The third kappa shape index (κ3) is 4.20. The van der Waals surface area contributed by atoms with Gasteiger partial charge in [-0.15, -0.1) is 0 Å². The lowest BCUT2D eigenvalue weighted by Gasteiger charge is -2.23. The average molecular weight is 371 g/mol. The Hall–Kier alpha value is -3.19. The van der Waals surface area contributed by atoms with Gasteiger partial charge in [0.25, 0.3) is 0 Å². The molecule has 142 valence electrons. The number of benzene rings is 2. The van der Waals surface area contributed by atoms with E-state index in [4.69, 9.17) is 10.2 Å². The zero-order valence-corrected chi connectivity index (χ0v) is 16.7. The molecule has 1 amide bonds. The molecule has 1 aromatic heterocycles. The molecule has 4 heteroatoms. The number of aromatic nitrogens is 1. The van der Waals surface area contributed by atoms with E-state index in [0.29, 0.717) is 25.1 Å². The lowest BCUT2D eigenvalue weighted by molar-refractivity contribution is -0.131. The molecule has 0 saturated heterocycles. The molecule has 2 aromatic carbocycles. The molecule has 3 rings (SSSR count). The molecule has 28 heavy (non-hydrogen) atoms. The van der Waals surface area contributed by atoms with Crippen LogP contribution in [0.2, 0.25) is 0 Å². The summed E-state index contributed by atoms with van der Waals surface area (Å²) in [5.41, 5.74) is 5.70. The lowest BCUT2D eigenvalue weighted by Crippen LogP contribution is -2.33. The summed E-state index contributed by atoms with van der Waals surface area (Å²) < 4.78 is 0. The van der Waals surface area contributed by atoms with Gasteiger partial charge in [-0.1, -0.05) is 37.3 Å². The molecule has 0 saturated carbocycles. The van der Waals surface area contributed by atoms with Gasteiger partial charge in [-0.25, -0.2) is 0 Å². The van der Waals surface area contributed by atoms with E-state index < -0.39 is 0 Å². The molecule has 0 aliphatic heterocycles. The fraction of sp³-hybridized carbons (Fsp3) is 0.292. The van der Waals surface area contributed by atoms with Crippen LogP contribution in [0.25, 0.3) is 10.9 Å². The van der Waals surface area contributed by atoms with E-state index in [-0.39, 0.29) is 5.91 Å². The van der Waals surface area contributed by atoms with Gasteiger partial charge < -0.3 is 4.90 Å². The summed E-state index contributed by atoms with van der Waals surface area (Å²) in [6.45, 7) is 7.39. The summed E-state index contributed by atoms with van der Waals surface area (Å²) >= 11 is 0. The van der Waals surface area contributed by atoms with Crippen molar-refractivity contribution in [2.75, 3.05) is 6.54 Å². The Balaban J connectivity index is 1.84. The molecule has 0 unspecified atom stereocenters. The van der Waals surface area contributed by atoms with Crippen molar-refractivity contribution in [3.05, 3.63) is 76.5 Å². The van der Waals surface area contributed by atoms with Gasteiger partial charge in [0.15, 0.2) is 0 Å². The summed E-state index contributed by atoms with van der Waals surface area (Å²) in [6, 6.07) is 17.6. The van der Waals surface area contributed by atoms with Gasteiger partial charge in [-0.05, 0) is 55.2 Å². The number of amides is 1. The van der Waals surface area contributed by atoms with Crippen LogP contribution in [0.5, 0.6) is 0 Å². The molecule has 3 aromatic rings. The number of pyridine rings is 1. The SMILES string of the molecule is CCCN(Cc1ccc(C#N)cc1)C(=O)Cc1c(C)nc2ccccc2c1C.